The molecule has 1 heterocycles. The lowest BCUT2D eigenvalue weighted by Crippen LogP contribution is -2.55. The van der Waals surface area contributed by atoms with Crippen LogP contribution in [-0.4, -0.2) is 24.5 Å². The molecule has 0 N–H and O–H groups in total. The van der Waals surface area contributed by atoms with E-state index in [4.69, 9.17) is 0 Å². The van der Waals surface area contributed by atoms with E-state index >= 15 is 0 Å². The highest BCUT2D eigenvalue weighted by Gasteiger charge is 2.57. The topological polar surface area (TPSA) is 3.24 Å². The molecular formula is C28H41N. The summed E-state index contributed by atoms with van der Waals surface area (Å²) < 4.78 is 0. The number of nitrogens with zero attached hydrogens (tertiary/aromatic N) is 1. The van der Waals surface area contributed by atoms with Crippen molar-refractivity contribution >= 4 is 0 Å². The summed E-state index contributed by atoms with van der Waals surface area (Å²) in [5.41, 5.74) is 3.31. The average Bonchev–Trinajstić information content (AvgIpc) is 2.82. The molecule has 0 aromatic heterocycles. The Bertz CT molecular complexity index is 750. The predicted octanol–water partition coefficient (Wildman–Crippen LogP) is 6.53. The number of hydrogen-bond donors (Lipinski definition) is 0. The standard InChI is InChI=1S/C28H41N/c1-26(2)24-9-11-27(26,3)19-29(18-24)12-10-25-21-13-20-14-22(25)17-28(15-20,16-21)23-7-5-4-6-8-23/h4-8,20-22,24-25H,9-19H2,1-3H3/t20?,21?,22?,24-,25?,27-,28?/m1/s1. The second-order valence-corrected chi connectivity index (χ2v) is 12.8. The SMILES string of the molecule is CC1(C)[C@@H]2CC[C@]1(C)CN(CCC1C3CC4CC1CC(c1ccccc1)(C4)C3)C2. The molecule has 1 aliphatic heterocycles. The molecule has 6 bridgehead atoms. The summed E-state index contributed by atoms with van der Waals surface area (Å²) in [6.07, 6.45) is 12.0. The molecule has 7 rings (SSSR count). The van der Waals surface area contributed by atoms with E-state index in [1.165, 1.54) is 58.2 Å². The molecule has 1 aromatic rings. The quantitative estimate of drug-likeness (QED) is 0.564. The van der Waals surface area contributed by atoms with Crippen LogP contribution in [-0.2, 0) is 5.41 Å². The molecular weight excluding hydrogens is 350 g/mol. The number of likely N-dealkylation sites (tertiary alicyclic amines) is 1. The van der Waals surface area contributed by atoms with E-state index in [1.807, 2.05) is 0 Å². The number of rotatable bonds is 4. The third kappa shape index (κ3) is 2.75. The Labute approximate surface area is 178 Å². The fourth-order valence-electron chi connectivity index (χ4n) is 9.39. The monoisotopic (exact) mass is 391 g/mol. The summed E-state index contributed by atoms with van der Waals surface area (Å²) in [4.78, 5) is 2.89. The van der Waals surface area contributed by atoms with Gasteiger partial charge in [0.2, 0.25) is 0 Å². The summed E-state index contributed by atoms with van der Waals surface area (Å²) in [7, 11) is 0. The third-order valence-electron chi connectivity index (χ3n) is 11.3. The van der Waals surface area contributed by atoms with Crippen molar-refractivity contribution in [1.82, 2.24) is 4.90 Å². The van der Waals surface area contributed by atoms with Crippen LogP contribution in [0.3, 0.4) is 0 Å². The van der Waals surface area contributed by atoms with E-state index in [1.54, 1.807) is 18.4 Å². The van der Waals surface area contributed by atoms with E-state index < -0.39 is 0 Å². The Morgan fingerprint density at radius 3 is 2.38 bits per heavy atom. The van der Waals surface area contributed by atoms with E-state index in [9.17, 15) is 0 Å². The van der Waals surface area contributed by atoms with Gasteiger partial charge < -0.3 is 4.90 Å². The predicted molar refractivity (Wildman–Crippen MR) is 121 cm³/mol. The van der Waals surface area contributed by atoms with Crippen LogP contribution in [0.1, 0.15) is 77.7 Å². The van der Waals surface area contributed by atoms with Gasteiger partial charge in [0, 0.05) is 13.1 Å². The van der Waals surface area contributed by atoms with Gasteiger partial charge in [0.15, 0.2) is 0 Å². The number of piperidine rings is 1. The first-order valence-corrected chi connectivity index (χ1v) is 12.7. The second kappa shape index (κ2) is 6.35. The second-order valence-electron chi connectivity index (χ2n) is 12.8. The molecule has 4 atom stereocenters. The minimum Gasteiger partial charge on any atom is -0.302 e. The van der Waals surface area contributed by atoms with E-state index in [-0.39, 0.29) is 0 Å². The van der Waals surface area contributed by atoms with Gasteiger partial charge in [-0.1, -0.05) is 51.1 Å². The highest BCUT2D eigenvalue weighted by Crippen LogP contribution is 2.64. The molecule has 0 amide bonds. The van der Waals surface area contributed by atoms with Gasteiger partial charge >= 0.3 is 0 Å². The minimum absolute atomic E-state index is 0.538. The van der Waals surface area contributed by atoms with Crippen LogP contribution in [0.5, 0.6) is 0 Å². The van der Waals surface area contributed by atoms with Gasteiger partial charge in [-0.2, -0.15) is 0 Å². The van der Waals surface area contributed by atoms with E-state index in [0.29, 0.717) is 16.2 Å². The fourth-order valence-corrected chi connectivity index (χ4v) is 9.39. The van der Waals surface area contributed by atoms with Crippen molar-refractivity contribution in [3.8, 4) is 0 Å². The Morgan fingerprint density at radius 2 is 1.69 bits per heavy atom. The van der Waals surface area contributed by atoms with Crippen LogP contribution in [0.4, 0.5) is 0 Å². The normalized spacial score (nSPS) is 47.6. The zero-order valence-corrected chi connectivity index (χ0v) is 19.0. The molecule has 2 unspecified atom stereocenters. The first kappa shape index (κ1) is 18.9. The molecule has 1 saturated heterocycles. The largest absolute Gasteiger partial charge is 0.302 e. The highest BCUT2D eigenvalue weighted by molar-refractivity contribution is 5.29. The van der Waals surface area contributed by atoms with Gasteiger partial charge in [-0.25, -0.2) is 0 Å². The Balaban J connectivity index is 1.15. The van der Waals surface area contributed by atoms with Crippen molar-refractivity contribution in [3.63, 3.8) is 0 Å². The van der Waals surface area contributed by atoms with Gasteiger partial charge in [0.1, 0.15) is 0 Å². The van der Waals surface area contributed by atoms with Gasteiger partial charge in [0.05, 0.1) is 0 Å². The molecule has 158 valence electrons. The molecule has 0 spiro atoms. The Kier molecular flexibility index (Phi) is 4.14. The summed E-state index contributed by atoms with van der Waals surface area (Å²) in [6.45, 7) is 11.8. The maximum Gasteiger partial charge on any atom is 0.00407 e. The summed E-state index contributed by atoms with van der Waals surface area (Å²) >= 11 is 0. The lowest BCUT2D eigenvalue weighted by Gasteiger charge is -2.61. The number of fused-ring (bicyclic) bond motifs is 2. The van der Waals surface area contributed by atoms with Crippen LogP contribution in [0.25, 0.3) is 0 Å². The number of hydrogen-bond acceptors (Lipinski definition) is 1. The van der Waals surface area contributed by atoms with Gasteiger partial charge in [0.25, 0.3) is 0 Å². The zero-order chi connectivity index (χ0) is 19.9. The van der Waals surface area contributed by atoms with Crippen LogP contribution in [0.2, 0.25) is 0 Å². The van der Waals surface area contributed by atoms with Crippen molar-refractivity contribution < 1.29 is 0 Å². The molecule has 0 radical (unpaired) electrons. The first-order valence-electron chi connectivity index (χ1n) is 12.7. The Morgan fingerprint density at radius 1 is 0.966 bits per heavy atom. The average molecular weight is 392 g/mol. The third-order valence-corrected chi connectivity index (χ3v) is 11.3. The van der Waals surface area contributed by atoms with Crippen LogP contribution >= 0.6 is 0 Å². The van der Waals surface area contributed by atoms with Crippen LogP contribution in [0.15, 0.2) is 30.3 Å². The van der Waals surface area contributed by atoms with Crippen molar-refractivity contribution in [2.45, 2.75) is 77.6 Å². The molecule has 6 aliphatic rings. The summed E-state index contributed by atoms with van der Waals surface area (Å²) in [5.74, 6) is 4.99. The van der Waals surface area contributed by atoms with Crippen LogP contribution in [0, 0.1) is 40.4 Å². The van der Waals surface area contributed by atoms with Crippen molar-refractivity contribution in [2.75, 3.05) is 19.6 Å². The Hall–Kier alpha value is -0.820. The molecule has 1 nitrogen and oxygen atoms in total. The fraction of sp³-hybridized carbons (Fsp3) is 0.786. The van der Waals surface area contributed by atoms with Gasteiger partial charge in [-0.05, 0) is 109 Å². The molecule has 5 saturated carbocycles. The van der Waals surface area contributed by atoms with Crippen molar-refractivity contribution in [1.29, 1.82) is 0 Å². The summed E-state index contributed by atoms with van der Waals surface area (Å²) in [5, 5.41) is 0. The maximum atomic E-state index is 2.89. The van der Waals surface area contributed by atoms with Crippen molar-refractivity contribution in [3.05, 3.63) is 35.9 Å². The summed E-state index contributed by atoms with van der Waals surface area (Å²) in [6, 6.07) is 11.6. The smallest absolute Gasteiger partial charge is 0.00407 e. The lowest BCUT2D eigenvalue weighted by molar-refractivity contribution is -0.0684. The molecule has 6 fully saturated rings. The number of benzene rings is 1. The first-order chi connectivity index (χ1) is 13.9. The molecule has 29 heavy (non-hydrogen) atoms. The van der Waals surface area contributed by atoms with E-state index in [0.717, 1.165) is 29.6 Å². The molecule has 1 heteroatoms. The van der Waals surface area contributed by atoms with Gasteiger partial charge in [-0.15, -0.1) is 0 Å². The highest BCUT2D eigenvalue weighted by atomic mass is 15.2. The van der Waals surface area contributed by atoms with Crippen molar-refractivity contribution in [2.24, 2.45) is 40.4 Å². The lowest BCUT2D eigenvalue weighted by atomic mass is 9.44. The zero-order valence-electron chi connectivity index (χ0n) is 19.0. The van der Waals surface area contributed by atoms with Gasteiger partial charge in [-0.3, -0.25) is 0 Å². The molecule has 1 aromatic carbocycles. The van der Waals surface area contributed by atoms with Crippen LogP contribution < -0.4 is 0 Å². The maximum absolute atomic E-state index is 2.89. The minimum atomic E-state index is 0.538. The molecule has 5 aliphatic carbocycles. The van der Waals surface area contributed by atoms with E-state index in [2.05, 4.69) is 56.0 Å².